The topological polar surface area (TPSA) is 85.0 Å². The fourth-order valence-electron chi connectivity index (χ4n) is 2.20. The molecular formula is C13H17F2N5O2. The molecule has 2 aromatic rings. The van der Waals surface area contributed by atoms with Gasteiger partial charge in [0.05, 0.1) is 11.7 Å². The van der Waals surface area contributed by atoms with Gasteiger partial charge in [-0.2, -0.15) is 5.10 Å². The zero-order chi connectivity index (χ0) is 16.3. The minimum Gasteiger partial charge on any atom is -0.361 e. The smallest absolute Gasteiger partial charge is 0.320 e. The van der Waals surface area contributed by atoms with E-state index in [1.807, 2.05) is 0 Å². The van der Waals surface area contributed by atoms with Gasteiger partial charge >= 0.3 is 6.03 Å². The van der Waals surface area contributed by atoms with E-state index in [9.17, 15) is 13.6 Å². The van der Waals surface area contributed by atoms with Crippen molar-refractivity contribution in [3.63, 3.8) is 0 Å². The molecule has 0 aliphatic rings. The van der Waals surface area contributed by atoms with Crippen LogP contribution in [0.3, 0.4) is 0 Å². The molecule has 9 heteroatoms. The molecule has 0 radical (unpaired) electrons. The van der Waals surface area contributed by atoms with E-state index in [0.717, 1.165) is 10.2 Å². The summed E-state index contributed by atoms with van der Waals surface area (Å²) in [5.41, 5.74) is 1.50. The number of carbonyl (C=O) groups excluding carboxylic acids is 1. The Kier molecular flexibility index (Phi) is 4.74. The van der Waals surface area contributed by atoms with Crippen molar-refractivity contribution in [2.75, 3.05) is 5.32 Å². The number of hydrogen-bond donors (Lipinski definition) is 2. The zero-order valence-electron chi connectivity index (χ0n) is 12.4. The predicted octanol–water partition coefficient (Wildman–Crippen LogP) is 2.64. The van der Waals surface area contributed by atoms with Crippen molar-refractivity contribution >= 4 is 11.8 Å². The fourth-order valence-corrected chi connectivity index (χ4v) is 2.20. The quantitative estimate of drug-likeness (QED) is 0.888. The first-order chi connectivity index (χ1) is 10.4. The Morgan fingerprint density at radius 1 is 1.45 bits per heavy atom. The predicted molar refractivity (Wildman–Crippen MR) is 74.8 cm³/mol. The maximum absolute atomic E-state index is 12.2. The van der Waals surface area contributed by atoms with Crippen molar-refractivity contribution in [2.24, 2.45) is 0 Å². The molecule has 0 aliphatic heterocycles. The summed E-state index contributed by atoms with van der Waals surface area (Å²) in [5, 5.41) is 12.9. The van der Waals surface area contributed by atoms with Crippen LogP contribution in [0.1, 0.15) is 30.0 Å². The maximum atomic E-state index is 12.2. The molecule has 2 aromatic heterocycles. The highest BCUT2D eigenvalue weighted by atomic mass is 19.3. The van der Waals surface area contributed by atoms with E-state index < -0.39 is 19.0 Å². The number of nitrogens with one attached hydrogen (secondary N) is 2. The SMILES string of the molecule is Cc1noc(C)c1[C@H](C)NC(=O)Nc1ccn(CC(F)F)n1. The number of carbonyl (C=O) groups is 1. The molecule has 7 nitrogen and oxygen atoms in total. The van der Waals surface area contributed by atoms with E-state index in [-0.39, 0.29) is 11.9 Å². The number of halogens is 2. The van der Waals surface area contributed by atoms with Crippen LogP contribution in [0.2, 0.25) is 0 Å². The summed E-state index contributed by atoms with van der Waals surface area (Å²) in [7, 11) is 0. The van der Waals surface area contributed by atoms with Crippen molar-refractivity contribution in [2.45, 2.75) is 39.8 Å². The number of nitrogens with zero attached hydrogens (tertiary/aromatic N) is 3. The Labute approximate surface area is 125 Å². The van der Waals surface area contributed by atoms with E-state index in [2.05, 4.69) is 20.9 Å². The number of alkyl halides is 2. The summed E-state index contributed by atoms with van der Waals surface area (Å²) in [6.07, 6.45) is -1.12. The number of anilines is 1. The van der Waals surface area contributed by atoms with Crippen LogP contribution in [-0.2, 0) is 6.54 Å². The molecular weight excluding hydrogens is 296 g/mol. The Balaban J connectivity index is 1.94. The number of urea groups is 1. The van der Waals surface area contributed by atoms with Crippen LogP contribution in [0.5, 0.6) is 0 Å². The molecule has 2 heterocycles. The summed E-state index contributed by atoms with van der Waals surface area (Å²) in [4.78, 5) is 11.9. The molecule has 2 rings (SSSR count). The minimum atomic E-state index is -2.50. The van der Waals surface area contributed by atoms with Gasteiger partial charge < -0.3 is 9.84 Å². The third-order valence-electron chi connectivity index (χ3n) is 3.08. The third-order valence-corrected chi connectivity index (χ3v) is 3.08. The normalized spacial score (nSPS) is 12.5. The highest BCUT2D eigenvalue weighted by Gasteiger charge is 2.18. The number of aryl methyl sites for hydroxylation is 2. The van der Waals surface area contributed by atoms with Crippen molar-refractivity contribution in [1.29, 1.82) is 0 Å². The first kappa shape index (κ1) is 15.9. The van der Waals surface area contributed by atoms with Crippen LogP contribution in [0.15, 0.2) is 16.8 Å². The second kappa shape index (κ2) is 6.54. The molecule has 0 saturated carbocycles. The molecule has 0 aromatic carbocycles. The molecule has 0 unspecified atom stereocenters. The van der Waals surface area contributed by atoms with Gasteiger partial charge in [0.25, 0.3) is 6.43 Å². The van der Waals surface area contributed by atoms with E-state index in [4.69, 9.17) is 4.52 Å². The summed E-state index contributed by atoms with van der Waals surface area (Å²) in [5.74, 6) is 0.829. The molecule has 2 N–H and O–H groups in total. The summed E-state index contributed by atoms with van der Waals surface area (Å²) in [6, 6.07) is 0.645. The third kappa shape index (κ3) is 3.80. The molecule has 0 aliphatic carbocycles. The molecule has 22 heavy (non-hydrogen) atoms. The number of rotatable bonds is 5. The molecule has 0 spiro atoms. The largest absolute Gasteiger partial charge is 0.361 e. The van der Waals surface area contributed by atoms with Crippen LogP contribution in [0, 0.1) is 13.8 Å². The van der Waals surface area contributed by atoms with Crippen LogP contribution in [0.25, 0.3) is 0 Å². The Bertz CT molecular complexity index is 633. The van der Waals surface area contributed by atoms with Crippen LogP contribution in [0.4, 0.5) is 19.4 Å². The Morgan fingerprint density at radius 2 is 2.18 bits per heavy atom. The van der Waals surface area contributed by atoms with Gasteiger partial charge in [-0.1, -0.05) is 5.16 Å². The van der Waals surface area contributed by atoms with Gasteiger partial charge in [-0.25, -0.2) is 13.6 Å². The number of amides is 2. The van der Waals surface area contributed by atoms with Gasteiger partial charge in [0.2, 0.25) is 0 Å². The second-order valence-electron chi connectivity index (χ2n) is 4.87. The summed E-state index contributed by atoms with van der Waals surface area (Å²) in [6.45, 7) is 4.83. The molecule has 0 bridgehead atoms. The van der Waals surface area contributed by atoms with Crippen LogP contribution >= 0.6 is 0 Å². The fraction of sp³-hybridized carbons (Fsp3) is 0.462. The first-order valence-corrected chi connectivity index (χ1v) is 6.68. The standard InChI is InChI=1S/C13H17F2N5O2/c1-7(12-8(2)19-22-9(12)3)16-13(21)17-11-4-5-20(18-11)6-10(14)15/h4-5,7,10H,6H2,1-3H3,(H2,16,17,18,21)/t7-/m0/s1. The van der Waals surface area contributed by atoms with Crippen LogP contribution < -0.4 is 10.6 Å². The minimum absolute atomic E-state index is 0.198. The number of aromatic nitrogens is 3. The van der Waals surface area contributed by atoms with E-state index in [1.54, 1.807) is 20.8 Å². The zero-order valence-corrected chi connectivity index (χ0v) is 12.4. The average molecular weight is 313 g/mol. The van der Waals surface area contributed by atoms with Crippen molar-refractivity contribution < 1.29 is 18.1 Å². The van der Waals surface area contributed by atoms with Gasteiger partial charge in [-0.15, -0.1) is 0 Å². The summed E-state index contributed by atoms with van der Waals surface area (Å²) >= 11 is 0. The second-order valence-corrected chi connectivity index (χ2v) is 4.87. The lowest BCUT2D eigenvalue weighted by Crippen LogP contribution is -2.31. The van der Waals surface area contributed by atoms with Gasteiger partial charge in [-0.3, -0.25) is 10.00 Å². The lowest BCUT2D eigenvalue weighted by molar-refractivity contribution is 0.122. The molecule has 120 valence electrons. The average Bonchev–Trinajstić information content (AvgIpc) is 2.95. The Morgan fingerprint density at radius 3 is 2.77 bits per heavy atom. The van der Waals surface area contributed by atoms with E-state index >= 15 is 0 Å². The summed E-state index contributed by atoms with van der Waals surface area (Å²) < 4.78 is 30.6. The highest BCUT2D eigenvalue weighted by molar-refractivity contribution is 5.88. The van der Waals surface area contributed by atoms with Crippen LogP contribution in [-0.4, -0.2) is 27.4 Å². The molecule has 0 fully saturated rings. The Hall–Kier alpha value is -2.45. The molecule has 1 atom stereocenters. The molecule has 0 saturated heterocycles. The maximum Gasteiger partial charge on any atom is 0.320 e. The van der Waals surface area contributed by atoms with Gasteiger partial charge in [0, 0.05) is 17.8 Å². The lowest BCUT2D eigenvalue weighted by atomic mass is 10.1. The van der Waals surface area contributed by atoms with E-state index in [0.29, 0.717) is 11.5 Å². The highest BCUT2D eigenvalue weighted by Crippen LogP contribution is 2.20. The monoisotopic (exact) mass is 313 g/mol. The van der Waals surface area contributed by atoms with Crippen molar-refractivity contribution in [1.82, 2.24) is 20.3 Å². The van der Waals surface area contributed by atoms with Crippen molar-refractivity contribution in [3.8, 4) is 0 Å². The van der Waals surface area contributed by atoms with Crippen molar-refractivity contribution in [3.05, 3.63) is 29.3 Å². The van der Waals surface area contributed by atoms with Gasteiger partial charge in [-0.05, 0) is 20.8 Å². The van der Waals surface area contributed by atoms with Gasteiger partial charge in [0.15, 0.2) is 5.82 Å². The molecule has 2 amide bonds. The number of hydrogen-bond acceptors (Lipinski definition) is 4. The van der Waals surface area contributed by atoms with Gasteiger partial charge in [0.1, 0.15) is 12.3 Å². The lowest BCUT2D eigenvalue weighted by Gasteiger charge is -2.13. The first-order valence-electron chi connectivity index (χ1n) is 6.68. The van der Waals surface area contributed by atoms with E-state index in [1.165, 1.54) is 12.3 Å².